The molecule has 4 nitrogen and oxygen atoms in total. The summed E-state index contributed by atoms with van der Waals surface area (Å²) in [6.45, 7) is 0. The Kier molecular flexibility index (Phi) is 1.70. The van der Waals surface area contributed by atoms with Crippen LogP contribution in [-0.4, -0.2) is 15.2 Å². The van der Waals surface area contributed by atoms with E-state index in [2.05, 4.69) is 15.2 Å². The number of nitrogens with one attached hydrogen (secondary N) is 1. The molecule has 1 aromatic carbocycles. The molecule has 66 valence electrons. The summed E-state index contributed by atoms with van der Waals surface area (Å²) in [5, 5.41) is 6.20. The Morgan fingerprint density at radius 3 is 2.85 bits per heavy atom. The molecule has 1 heterocycles. The van der Waals surface area contributed by atoms with Crippen LogP contribution in [0.5, 0.6) is 0 Å². The lowest BCUT2D eigenvalue weighted by Gasteiger charge is -1.99. The van der Waals surface area contributed by atoms with E-state index in [-0.39, 0.29) is 0 Å². The summed E-state index contributed by atoms with van der Waals surface area (Å²) in [5.74, 6) is -0.00532. The number of anilines is 1. The van der Waals surface area contributed by atoms with Crippen molar-refractivity contribution in [3.05, 3.63) is 30.3 Å². The van der Waals surface area contributed by atoms with E-state index in [9.17, 15) is 4.39 Å². The third-order valence-corrected chi connectivity index (χ3v) is 1.66. The fourth-order valence-corrected chi connectivity index (χ4v) is 1.06. The molecule has 0 bridgehead atoms. The summed E-state index contributed by atoms with van der Waals surface area (Å²) in [4.78, 5) is 3.83. The molecule has 0 aliphatic heterocycles. The van der Waals surface area contributed by atoms with Gasteiger partial charge < -0.3 is 5.73 Å². The molecule has 1 aromatic heterocycles. The monoisotopic (exact) mass is 178 g/mol. The Bertz CT molecular complexity index is 410. The van der Waals surface area contributed by atoms with Crippen molar-refractivity contribution in [1.29, 1.82) is 0 Å². The first kappa shape index (κ1) is 7.72. The molecule has 0 aliphatic carbocycles. The van der Waals surface area contributed by atoms with E-state index >= 15 is 0 Å². The first-order chi connectivity index (χ1) is 6.27. The average Bonchev–Trinajstić information content (AvgIpc) is 2.56. The van der Waals surface area contributed by atoms with E-state index in [1.54, 1.807) is 12.1 Å². The van der Waals surface area contributed by atoms with Crippen molar-refractivity contribution >= 4 is 5.69 Å². The van der Waals surface area contributed by atoms with Crippen LogP contribution in [0, 0.1) is 5.82 Å². The number of halogens is 1. The highest BCUT2D eigenvalue weighted by atomic mass is 19.1. The Labute approximate surface area is 73.6 Å². The Morgan fingerprint density at radius 1 is 1.38 bits per heavy atom. The molecule has 0 unspecified atom stereocenters. The summed E-state index contributed by atoms with van der Waals surface area (Å²) in [6, 6.07) is 4.42. The van der Waals surface area contributed by atoms with Crippen LogP contribution in [0.2, 0.25) is 0 Å². The van der Waals surface area contributed by atoms with Crippen LogP contribution in [0.25, 0.3) is 11.4 Å². The number of hydrogen-bond donors (Lipinski definition) is 2. The molecule has 0 fully saturated rings. The number of nitrogens with zero attached hydrogens (tertiary/aromatic N) is 2. The highest BCUT2D eigenvalue weighted by molar-refractivity contribution is 5.59. The summed E-state index contributed by atoms with van der Waals surface area (Å²) in [5.41, 5.74) is 6.15. The van der Waals surface area contributed by atoms with Gasteiger partial charge in [-0.1, -0.05) is 0 Å². The lowest BCUT2D eigenvalue weighted by molar-refractivity contribution is 0.630. The predicted octanol–water partition coefficient (Wildman–Crippen LogP) is 1.19. The molecule has 2 rings (SSSR count). The Morgan fingerprint density at radius 2 is 2.23 bits per heavy atom. The van der Waals surface area contributed by atoms with Crippen molar-refractivity contribution in [3.63, 3.8) is 0 Å². The molecule has 3 N–H and O–H groups in total. The molecule has 0 atom stereocenters. The SMILES string of the molecule is Nc1ccc(-c2ncn[nH]2)c(F)c1. The number of benzene rings is 1. The molecule has 0 saturated carbocycles. The first-order valence-corrected chi connectivity index (χ1v) is 3.68. The molecule has 13 heavy (non-hydrogen) atoms. The summed E-state index contributed by atoms with van der Waals surface area (Å²) < 4.78 is 13.2. The maximum atomic E-state index is 13.2. The predicted molar refractivity (Wildman–Crippen MR) is 46.2 cm³/mol. The van der Waals surface area contributed by atoms with Crippen LogP contribution < -0.4 is 5.73 Å². The maximum Gasteiger partial charge on any atom is 0.158 e. The van der Waals surface area contributed by atoms with Gasteiger partial charge in [0.1, 0.15) is 12.1 Å². The van der Waals surface area contributed by atoms with Gasteiger partial charge in [0.25, 0.3) is 0 Å². The minimum atomic E-state index is -0.406. The van der Waals surface area contributed by atoms with Gasteiger partial charge in [0.05, 0.1) is 5.56 Å². The molecule has 0 amide bonds. The standard InChI is InChI=1S/C8H7FN4/c9-7-3-5(10)1-2-6(7)8-11-4-12-13-8/h1-4H,10H2,(H,11,12,13). The summed E-state index contributed by atoms with van der Waals surface area (Å²) >= 11 is 0. The Hall–Kier alpha value is -1.91. The highest BCUT2D eigenvalue weighted by Crippen LogP contribution is 2.19. The van der Waals surface area contributed by atoms with Crippen molar-refractivity contribution < 1.29 is 4.39 Å². The van der Waals surface area contributed by atoms with Gasteiger partial charge in [-0.15, -0.1) is 0 Å². The zero-order valence-corrected chi connectivity index (χ0v) is 6.66. The van der Waals surface area contributed by atoms with E-state index in [0.29, 0.717) is 17.1 Å². The van der Waals surface area contributed by atoms with E-state index in [4.69, 9.17) is 5.73 Å². The highest BCUT2D eigenvalue weighted by Gasteiger charge is 2.06. The van der Waals surface area contributed by atoms with Crippen LogP contribution >= 0.6 is 0 Å². The van der Waals surface area contributed by atoms with E-state index in [1.165, 1.54) is 12.4 Å². The van der Waals surface area contributed by atoms with Gasteiger partial charge in [-0.2, -0.15) is 5.10 Å². The zero-order chi connectivity index (χ0) is 9.26. The maximum absolute atomic E-state index is 13.2. The smallest absolute Gasteiger partial charge is 0.158 e. The number of nitrogens with two attached hydrogens (primary N) is 1. The molecule has 2 aromatic rings. The van der Waals surface area contributed by atoms with E-state index in [0.717, 1.165) is 0 Å². The molecular weight excluding hydrogens is 171 g/mol. The normalized spacial score (nSPS) is 10.2. The fourth-order valence-electron chi connectivity index (χ4n) is 1.06. The molecule has 5 heteroatoms. The van der Waals surface area contributed by atoms with Gasteiger partial charge in [-0.3, -0.25) is 5.10 Å². The minimum absolute atomic E-state index is 0.367. The van der Waals surface area contributed by atoms with Gasteiger partial charge in [0.2, 0.25) is 0 Å². The van der Waals surface area contributed by atoms with Gasteiger partial charge in [0, 0.05) is 5.69 Å². The number of nitrogen functional groups attached to an aromatic ring is 1. The fraction of sp³-hybridized carbons (Fsp3) is 0. The molecule has 0 saturated heterocycles. The Balaban J connectivity index is 2.53. The number of aromatic amines is 1. The van der Waals surface area contributed by atoms with Gasteiger partial charge >= 0.3 is 0 Å². The largest absolute Gasteiger partial charge is 0.399 e. The molecule has 0 spiro atoms. The number of H-pyrrole nitrogens is 1. The van der Waals surface area contributed by atoms with Gasteiger partial charge in [0.15, 0.2) is 5.82 Å². The van der Waals surface area contributed by atoms with Gasteiger partial charge in [-0.05, 0) is 18.2 Å². The van der Waals surface area contributed by atoms with Crippen LogP contribution in [0.3, 0.4) is 0 Å². The lowest BCUT2D eigenvalue weighted by Crippen LogP contribution is -1.90. The second-order valence-electron chi connectivity index (χ2n) is 2.57. The number of aromatic nitrogens is 3. The van der Waals surface area contributed by atoms with Crippen molar-refractivity contribution in [2.24, 2.45) is 0 Å². The van der Waals surface area contributed by atoms with Crippen molar-refractivity contribution in [1.82, 2.24) is 15.2 Å². The summed E-state index contributed by atoms with van der Waals surface area (Å²) in [7, 11) is 0. The van der Waals surface area contributed by atoms with Crippen molar-refractivity contribution in [2.75, 3.05) is 5.73 Å². The topological polar surface area (TPSA) is 67.6 Å². The number of hydrogen-bond acceptors (Lipinski definition) is 3. The van der Waals surface area contributed by atoms with E-state index < -0.39 is 5.82 Å². The van der Waals surface area contributed by atoms with E-state index in [1.807, 2.05) is 0 Å². The van der Waals surface area contributed by atoms with Crippen LogP contribution in [0.15, 0.2) is 24.5 Å². The number of rotatable bonds is 1. The molecule has 0 aliphatic rings. The quantitative estimate of drug-likeness (QED) is 0.644. The van der Waals surface area contributed by atoms with Crippen LogP contribution in [0.4, 0.5) is 10.1 Å². The third kappa shape index (κ3) is 1.35. The minimum Gasteiger partial charge on any atom is -0.399 e. The third-order valence-electron chi connectivity index (χ3n) is 1.66. The van der Waals surface area contributed by atoms with Crippen molar-refractivity contribution in [3.8, 4) is 11.4 Å². The summed E-state index contributed by atoms with van der Waals surface area (Å²) in [6.07, 6.45) is 1.32. The first-order valence-electron chi connectivity index (χ1n) is 3.68. The van der Waals surface area contributed by atoms with Gasteiger partial charge in [-0.25, -0.2) is 9.37 Å². The molecular formula is C8H7FN4. The van der Waals surface area contributed by atoms with Crippen LogP contribution in [0.1, 0.15) is 0 Å². The van der Waals surface area contributed by atoms with Crippen LogP contribution in [-0.2, 0) is 0 Å². The van der Waals surface area contributed by atoms with Crippen molar-refractivity contribution in [2.45, 2.75) is 0 Å². The average molecular weight is 178 g/mol. The second-order valence-corrected chi connectivity index (χ2v) is 2.57. The zero-order valence-electron chi connectivity index (χ0n) is 6.66. The second kappa shape index (κ2) is 2.85. The molecule has 0 radical (unpaired) electrons. The lowest BCUT2D eigenvalue weighted by atomic mass is 10.2.